The summed E-state index contributed by atoms with van der Waals surface area (Å²) >= 11 is 0. The van der Waals surface area contributed by atoms with Crippen LogP contribution in [0.3, 0.4) is 0 Å². The fourth-order valence-corrected chi connectivity index (χ4v) is 3.30. The molecule has 29 heavy (non-hydrogen) atoms. The normalized spacial score (nSPS) is 16.4. The Morgan fingerprint density at radius 3 is 2.45 bits per heavy atom. The fraction of sp³-hybridized carbons (Fsp3) is 0.381. The van der Waals surface area contributed by atoms with Gasteiger partial charge in [-0.2, -0.15) is 0 Å². The molecule has 1 atom stereocenters. The molecule has 0 spiro atoms. The lowest BCUT2D eigenvalue weighted by atomic mass is 10.1. The monoisotopic (exact) mass is 440 g/mol. The lowest BCUT2D eigenvalue weighted by Crippen LogP contribution is -2.44. The first-order chi connectivity index (χ1) is 12.8. The van der Waals surface area contributed by atoms with Gasteiger partial charge in [0.1, 0.15) is 11.9 Å². The maximum Gasteiger partial charge on any atom is 0.255 e. The molecule has 0 saturated carbocycles. The van der Waals surface area contributed by atoms with Gasteiger partial charge in [-0.3, -0.25) is 9.69 Å². The maximum absolute atomic E-state index is 12.4. The summed E-state index contributed by atoms with van der Waals surface area (Å²) in [6.07, 6.45) is 1.13. The number of nitrogens with two attached hydrogens (primary N) is 2. The molecule has 3 rings (SSSR count). The van der Waals surface area contributed by atoms with E-state index in [1.807, 2.05) is 38.1 Å². The first-order valence-electron chi connectivity index (χ1n) is 9.24. The highest BCUT2D eigenvalue weighted by Crippen LogP contribution is 2.21. The second-order valence-corrected chi connectivity index (χ2v) is 7.82. The zero-order valence-electron chi connectivity index (χ0n) is 16.8. The number of ether oxygens (including phenoxy) is 1. The van der Waals surface area contributed by atoms with Gasteiger partial charge in [0.2, 0.25) is 0 Å². The number of carbonyl (C=O) groups is 1. The number of carbonyl (C=O) groups excluding carboxylic acids is 1. The number of amides is 1. The predicted molar refractivity (Wildman–Crippen MR) is 123 cm³/mol. The molecule has 6 nitrogen and oxygen atoms in total. The molecule has 1 aliphatic rings. The number of nitrogens with one attached hydrogen (secondary N) is 1. The number of para-hydroxylation sites is 2. The van der Waals surface area contributed by atoms with E-state index in [0.29, 0.717) is 16.9 Å². The van der Waals surface area contributed by atoms with Gasteiger partial charge in [0, 0.05) is 30.7 Å². The Bertz CT molecular complexity index is 794. The molecule has 0 aromatic heterocycles. The van der Waals surface area contributed by atoms with E-state index < -0.39 is 0 Å². The number of benzene rings is 2. The molecule has 8 heteroatoms. The molecule has 1 fully saturated rings. The Hall–Kier alpha value is -1.99. The summed E-state index contributed by atoms with van der Waals surface area (Å²) in [6.45, 7) is 6.79. The molecule has 2 aromatic carbocycles. The summed E-state index contributed by atoms with van der Waals surface area (Å²) in [5.74, 6) is 0.571. The summed E-state index contributed by atoms with van der Waals surface area (Å²) in [4.78, 5) is 14.7. The van der Waals surface area contributed by atoms with E-state index in [1.165, 1.54) is 0 Å². The summed E-state index contributed by atoms with van der Waals surface area (Å²) < 4.78 is 6.06. The van der Waals surface area contributed by atoms with Gasteiger partial charge >= 0.3 is 0 Å². The van der Waals surface area contributed by atoms with Crippen LogP contribution in [-0.4, -0.2) is 42.1 Å². The first kappa shape index (κ1) is 25.0. The summed E-state index contributed by atoms with van der Waals surface area (Å²) in [7, 11) is 0. The molecule has 2 aromatic rings. The molecule has 0 unspecified atom stereocenters. The largest absolute Gasteiger partial charge is 0.489 e. The summed E-state index contributed by atoms with van der Waals surface area (Å²) in [5, 5.41) is 2.82. The Kier molecular flexibility index (Phi) is 9.23. The Morgan fingerprint density at radius 2 is 1.83 bits per heavy atom. The van der Waals surface area contributed by atoms with Crippen LogP contribution in [0.5, 0.6) is 5.75 Å². The van der Waals surface area contributed by atoms with Crippen molar-refractivity contribution in [1.29, 1.82) is 0 Å². The van der Waals surface area contributed by atoms with Gasteiger partial charge < -0.3 is 21.5 Å². The number of nitrogen functional groups attached to an aromatic ring is 1. The van der Waals surface area contributed by atoms with E-state index in [2.05, 4.69) is 10.2 Å². The number of likely N-dealkylation sites (tertiary alicyclic amines) is 1. The first-order valence-corrected chi connectivity index (χ1v) is 9.24. The maximum atomic E-state index is 12.4. The minimum atomic E-state index is -0.202. The van der Waals surface area contributed by atoms with E-state index in [-0.39, 0.29) is 42.4 Å². The van der Waals surface area contributed by atoms with Crippen LogP contribution < -0.4 is 21.5 Å². The Morgan fingerprint density at radius 1 is 1.17 bits per heavy atom. The highest BCUT2D eigenvalue weighted by molar-refractivity contribution is 6.05. The highest BCUT2D eigenvalue weighted by Gasteiger charge is 2.27. The van der Waals surface area contributed by atoms with Crippen LogP contribution in [0.2, 0.25) is 0 Å². The number of hydrogen-bond donors (Lipinski definition) is 3. The fourth-order valence-electron chi connectivity index (χ4n) is 3.30. The number of halogens is 2. The SMILES string of the molecule is CC(C)(N)CN1CC[C@H](Oc2ccc(C(=O)Nc3ccccc3N)cc2)C1.Cl.Cl. The molecule has 0 radical (unpaired) electrons. The second-order valence-electron chi connectivity index (χ2n) is 7.82. The zero-order valence-corrected chi connectivity index (χ0v) is 18.4. The highest BCUT2D eigenvalue weighted by atomic mass is 35.5. The summed E-state index contributed by atoms with van der Waals surface area (Å²) in [6, 6.07) is 14.4. The van der Waals surface area contributed by atoms with Crippen LogP contribution in [0.15, 0.2) is 48.5 Å². The summed E-state index contributed by atoms with van der Waals surface area (Å²) in [5.41, 5.74) is 13.5. The van der Waals surface area contributed by atoms with E-state index in [0.717, 1.165) is 31.8 Å². The average molecular weight is 441 g/mol. The van der Waals surface area contributed by atoms with Gasteiger partial charge in [-0.15, -0.1) is 24.8 Å². The van der Waals surface area contributed by atoms with Crippen molar-refractivity contribution in [1.82, 2.24) is 4.90 Å². The molecule has 1 heterocycles. The van der Waals surface area contributed by atoms with Crippen LogP contribution >= 0.6 is 24.8 Å². The van der Waals surface area contributed by atoms with Crippen LogP contribution in [0, 0.1) is 0 Å². The number of rotatable bonds is 6. The standard InChI is InChI=1S/C21H28N4O2.2ClH/c1-21(2,23)14-25-12-11-17(13-25)27-16-9-7-15(8-10-16)20(26)24-19-6-4-3-5-18(19)22;;/h3-10,17H,11-14,22-23H2,1-2H3,(H,24,26);2*1H/t17-;;/m0../s1. The van der Waals surface area contributed by atoms with Gasteiger partial charge in [-0.1, -0.05) is 12.1 Å². The van der Waals surface area contributed by atoms with Crippen molar-refractivity contribution in [2.75, 3.05) is 30.7 Å². The van der Waals surface area contributed by atoms with E-state index in [9.17, 15) is 4.79 Å². The van der Waals surface area contributed by atoms with E-state index in [4.69, 9.17) is 16.2 Å². The lowest BCUT2D eigenvalue weighted by molar-refractivity contribution is 0.102. The molecule has 0 bridgehead atoms. The minimum Gasteiger partial charge on any atom is -0.489 e. The van der Waals surface area contributed by atoms with Gasteiger partial charge in [-0.25, -0.2) is 0 Å². The average Bonchev–Trinajstić information content (AvgIpc) is 3.02. The molecule has 1 amide bonds. The van der Waals surface area contributed by atoms with Crippen molar-refractivity contribution in [2.24, 2.45) is 5.73 Å². The van der Waals surface area contributed by atoms with Crippen molar-refractivity contribution >= 4 is 42.1 Å². The minimum absolute atomic E-state index is 0. The molecule has 1 aliphatic heterocycles. The van der Waals surface area contributed by atoms with Crippen molar-refractivity contribution in [3.63, 3.8) is 0 Å². The lowest BCUT2D eigenvalue weighted by Gasteiger charge is -2.26. The van der Waals surface area contributed by atoms with Crippen molar-refractivity contribution in [3.05, 3.63) is 54.1 Å². The van der Waals surface area contributed by atoms with Crippen LogP contribution in [0.4, 0.5) is 11.4 Å². The predicted octanol–water partition coefficient (Wildman–Crippen LogP) is 3.56. The molecule has 0 aliphatic carbocycles. The second kappa shape index (κ2) is 10.7. The topological polar surface area (TPSA) is 93.6 Å². The Labute approximate surface area is 184 Å². The Balaban J connectivity index is 0.00000210. The molecule has 5 N–H and O–H groups in total. The third-order valence-corrected chi connectivity index (χ3v) is 4.49. The van der Waals surface area contributed by atoms with Gasteiger partial charge in [-0.05, 0) is 56.7 Å². The van der Waals surface area contributed by atoms with Gasteiger partial charge in [0.15, 0.2) is 0 Å². The van der Waals surface area contributed by atoms with E-state index >= 15 is 0 Å². The van der Waals surface area contributed by atoms with Gasteiger partial charge in [0.25, 0.3) is 5.91 Å². The zero-order chi connectivity index (χ0) is 19.4. The van der Waals surface area contributed by atoms with Crippen LogP contribution in [-0.2, 0) is 0 Å². The number of nitrogens with zero attached hydrogens (tertiary/aromatic N) is 1. The third-order valence-electron chi connectivity index (χ3n) is 4.49. The third kappa shape index (κ3) is 7.40. The quantitative estimate of drug-likeness (QED) is 0.596. The number of anilines is 2. The molecular formula is C21H30Cl2N4O2. The van der Waals surface area contributed by atoms with Crippen LogP contribution in [0.25, 0.3) is 0 Å². The van der Waals surface area contributed by atoms with Gasteiger partial charge in [0.05, 0.1) is 11.4 Å². The van der Waals surface area contributed by atoms with Crippen molar-refractivity contribution in [3.8, 4) is 5.75 Å². The molecular weight excluding hydrogens is 411 g/mol. The molecule has 1 saturated heterocycles. The van der Waals surface area contributed by atoms with Crippen LogP contribution in [0.1, 0.15) is 30.6 Å². The van der Waals surface area contributed by atoms with E-state index in [1.54, 1.807) is 24.3 Å². The molecule has 160 valence electrons. The van der Waals surface area contributed by atoms with Crippen molar-refractivity contribution in [2.45, 2.75) is 31.9 Å². The smallest absolute Gasteiger partial charge is 0.255 e. The van der Waals surface area contributed by atoms with Crippen molar-refractivity contribution < 1.29 is 9.53 Å². The number of hydrogen-bond acceptors (Lipinski definition) is 5.